The number of nitrogens with zero attached hydrogens (tertiary/aromatic N) is 2. The number of aromatic amines is 1. The van der Waals surface area contributed by atoms with Crippen LogP contribution in [-0.4, -0.2) is 22.2 Å². The molecular weight excluding hydrogens is 246 g/mol. The molecule has 17 heavy (non-hydrogen) atoms. The van der Waals surface area contributed by atoms with Gasteiger partial charge in [-0.2, -0.15) is 0 Å². The lowest BCUT2D eigenvalue weighted by molar-refractivity contribution is -0.384. The molecule has 0 fully saturated rings. The molecule has 1 heterocycles. The molecule has 0 aliphatic carbocycles. The van der Waals surface area contributed by atoms with Gasteiger partial charge in [-0.25, -0.2) is 5.10 Å². The quantitative estimate of drug-likeness (QED) is 0.512. The highest BCUT2D eigenvalue weighted by atomic mass is 32.1. The standard InChI is InChI=1S/C9H7N3O4S/c1-15-7-4-5(12(13)14)2-3-6(7)8-10-11-9(17)16-8/h2-4H,1H3,(H,11,17). The molecule has 0 spiro atoms. The first kappa shape index (κ1) is 11.3. The molecule has 0 saturated carbocycles. The van der Waals surface area contributed by atoms with Crippen LogP contribution < -0.4 is 4.74 Å². The zero-order chi connectivity index (χ0) is 12.4. The molecule has 88 valence electrons. The predicted octanol–water partition coefficient (Wildman–Crippen LogP) is 2.32. The van der Waals surface area contributed by atoms with Crippen molar-refractivity contribution in [1.29, 1.82) is 0 Å². The summed E-state index contributed by atoms with van der Waals surface area (Å²) < 4.78 is 10.2. The molecule has 0 atom stereocenters. The van der Waals surface area contributed by atoms with Crippen molar-refractivity contribution in [3.63, 3.8) is 0 Å². The zero-order valence-electron chi connectivity index (χ0n) is 8.67. The van der Waals surface area contributed by atoms with E-state index in [1.165, 1.54) is 25.3 Å². The van der Waals surface area contributed by atoms with Gasteiger partial charge < -0.3 is 9.15 Å². The van der Waals surface area contributed by atoms with E-state index in [1.54, 1.807) is 0 Å². The fourth-order valence-electron chi connectivity index (χ4n) is 1.32. The summed E-state index contributed by atoms with van der Waals surface area (Å²) in [5, 5.41) is 16.9. The van der Waals surface area contributed by atoms with Gasteiger partial charge in [0.2, 0.25) is 5.89 Å². The van der Waals surface area contributed by atoms with Gasteiger partial charge in [-0.3, -0.25) is 10.1 Å². The van der Waals surface area contributed by atoms with Crippen molar-refractivity contribution in [2.45, 2.75) is 0 Å². The van der Waals surface area contributed by atoms with Crippen molar-refractivity contribution >= 4 is 17.9 Å². The van der Waals surface area contributed by atoms with Crippen LogP contribution in [0.25, 0.3) is 11.5 Å². The first-order valence-electron chi connectivity index (χ1n) is 4.50. The Labute approximate surface area is 100 Å². The number of nitro benzene ring substituents is 1. The van der Waals surface area contributed by atoms with Crippen LogP contribution in [0.3, 0.4) is 0 Å². The van der Waals surface area contributed by atoms with Gasteiger partial charge >= 0.3 is 0 Å². The molecule has 1 N–H and O–H groups in total. The fraction of sp³-hybridized carbons (Fsp3) is 0.111. The number of methoxy groups -OCH3 is 1. The summed E-state index contributed by atoms with van der Waals surface area (Å²) in [5.41, 5.74) is 0.421. The highest BCUT2D eigenvalue weighted by Gasteiger charge is 2.15. The molecule has 2 rings (SSSR count). The van der Waals surface area contributed by atoms with E-state index in [0.717, 1.165) is 0 Å². The van der Waals surface area contributed by atoms with Crippen LogP contribution in [0, 0.1) is 15.0 Å². The number of nitrogens with one attached hydrogen (secondary N) is 1. The minimum atomic E-state index is -0.507. The lowest BCUT2D eigenvalue weighted by atomic mass is 10.2. The third-order valence-corrected chi connectivity index (χ3v) is 2.24. The molecule has 0 saturated heterocycles. The van der Waals surface area contributed by atoms with Crippen molar-refractivity contribution in [3.05, 3.63) is 33.2 Å². The summed E-state index contributed by atoms with van der Waals surface area (Å²) in [6.07, 6.45) is 0. The number of hydrogen-bond donors (Lipinski definition) is 1. The second kappa shape index (κ2) is 4.34. The van der Waals surface area contributed by atoms with Crippen molar-refractivity contribution in [2.75, 3.05) is 7.11 Å². The van der Waals surface area contributed by atoms with Crippen molar-refractivity contribution in [2.24, 2.45) is 0 Å². The van der Waals surface area contributed by atoms with Gasteiger partial charge in [-0.05, 0) is 18.3 Å². The third kappa shape index (κ3) is 2.16. The average Bonchev–Trinajstić information content (AvgIpc) is 2.74. The van der Waals surface area contributed by atoms with E-state index >= 15 is 0 Å². The Morgan fingerprint density at radius 2 is 2.35 bits per heavy atom. The largest absolute Gasteiger partial charge is 0.496 e. The molecule has 0 unspecified atom stereocenters. The number of ether oxygens (including phenoxy) is 1. The second-order valence-electron chi connectivity index (χ2n) is 3.06. The summed E-state index contributed by atoms with van der Waals surface area (Å²) >= 11 is 4.75. The molecule has 1 aromatic heterocycles. The molecule has 1 aromatic carbocycles. The monoisotopic (exact) mass is 253 g/mol. The molecule has 0 amide bonds. The molecule has 2 aromatic rings. The maximum absolute atomic E-state index is 10.6. The van der Waals surface area contributed by atoms with E-state index in [0.29, 0.717) is 11.3 Å². The number of benzene rings is 1. The molecule has 0 aliphatic heterocycles. The van der Waals surface area contributed by atoms with Gasteiger partial charge in [0.1, 0.15) is 5.75 Å². The SMILES string of the molecule is COc1cc([N+](=O)[O-])ccc1-c1n[nH]c(=S)o1. The first-order chi connectivity index (χ1) is 8.11. The maximum Gasteiger partial charge on any atom is 0.284 e. The number of aromatic nitrogens is 2. The van der Waals surface area contributed by atoms with Gasteiger partial charge in [0.15, 0.2) is 0 Å². The van der Waals surface area contributed by atoms with Crippen LogP contribution in [0.5, 0.6) is 5.75 Å². The molecule has 0 radical (unpaired) electrons. The molecule has 0 aliphatic rings. The minimum Gasteiger partial charge on any atom is -0.496 e. The van der Waals surface area contributed by atoms with E-state index in [1.807, 2.05) is 0 Å². The normalized spacial score (nSPS) is 10.2. The Hall–Kier alpha value is -2.22. The van der Waals surface area contributed by atoms with Crippen LogP contribution in [-0.2, 0) is 0 Å². The summed E-state index contributed by atoms with van der Waals surface area (Å²) in [7, 11) is 1.41. The van der Waals surface area contributed by atoms with E-state index in [2.05, 4.69) is 10.2 Å². The predicted molar refractivity (Wildman–Crippen MR) is 60.3 cm³/mol. The molecule has 8 heteroatoms. The van der Waals surface area contributed by atoms with Gasteiger partial charge in [-0.15, -0.1) is 5.10 Å². The van der Waals surface area contributed by atoms with Crippen molar-refractivity contribution < 1.29 is 14.1 Å². The lowest BCUT2D eigenvalue weighted by Crippen LogP contribution is -1.92. The zero-order valence-corrected chi connectivity index (χ0v) is 9.48. The smallest absolute Gasteiger partial charge is 0.284 e. The molecular formula is C9H7N3O4S. The Kier molecular flexibility index (Phi) is 2.88. The molecule has 7 nitrogen and oxygen atoms in total. The number of nitro groups is 1. The Balaban J connectivity index is 2.55. The summed E-state index contributed by atoms with van der Waals surface area (Å²) in [5.74, 6) is 0.520. The van der Waals surface area contributed by atoms with Crippen molar-refractivity contribution in [3.8, 4) is 17.2 Å². The van der Waals surface area contributed by atoms with Crippen LogP contribution >= 0.6 is 12.2 Å². The van der Waals surface area contributed by atoms with E-state index in [4.69, 9.17) is 21.4 Å². The number of rotatable bonds is 3. The number of H-pyrrole nitrogens is 1. The van der Waals surface area contributed by atoms with Gasteiger partial charge in [0, 0.05) is 6.07 Å². The second-order valence-corrected chi connectivity index (χ2v) is 3.43. The summed E-state index contributed by atoms with van der Waals surface area (Å²) in [6, 6.07) is 4.12. The number of non-ortho nitro benzene ring substituents is 1. The topological polar surface area (TPSA) is 94.2 Å². The lowest BCUT2D eigenvalue weighted by Gasteiger charge is -2.03. The maximum atomic E-state index is 10.6. The van der Waals surface area contributed by atoms with Gasteiger partial charge in [0.25, 0.3) is 10.5 Å². The van der Waals surface area contributed by atoms with Gasteiger partial charge in [0.05, 0.1) is 23.7 Å². The summed E-state index contributed by atoms with van der Waals surface area (Å²) in [6.45, 7) is 0. The minimum absolute atomic E-state index is 0.0697. The average molecular weight is 253 g/mol. The number of hydrogen-bond acceptors (Lipinski definition) is 6. The Morgan fingerprint density at radius 3 is 2.88 bits per heavy atom. The van der Waals surface area contributed by atoms with E-state index in [-0.39, 0.29) is 16.4 Å². The van der Waals surface area contributed by atoms with Crippen LogP contribution in [0.1, 0.15) is 0 Å². The summed E-state index contributed by atoms with van der Waals surface area (Å²) in [4.78, 5) is 10.2. The Bertz CT molecular complexity index is 619. The fourth-order valence-corrected chi connectivity index (χ4v) is 1.44. The van der Waals surface area contributed by atoms with Crippen LogP contribution in [0.2, 0.25) is 0 Å². The van der Waals surface area contributed by atoms with Crippen LogP contribution in [0.4, 0.5) is 5.69 Å². The third-order valence-electron chi connectivity index (χ3n) is 2.06. The van der Waals surface area contributed by atoms with E-state index in [9.17, 15) is 10.1 Å². The highest BCUT2D eigenvalue weighted by molar-refractivity contribution is 7.71. The Morgan fingerprint density at radius 1 is 1.59 bits per heavy atom. The highest BCUT2D eigenvalue weighted by Crippen LogP contribution is 2.31. The first-order valence-corrected chi connectivity index (χ1v) is 4.91. The van der Waals surface area contributed by atoms with Gasteiger partial charge in [-0.1, -0.05) is 0 Å². The van der Waals surface area contributed by atoms with Crippen molar-refractivity contribution in [1.82, 2.24) is 10.2 Å². The van der Waals surface area contributed by atoms with E-state index < -0.39 is 4.92 Å². The van der Waals surface area contributed by atoms with Crippen LogP contribution in [0.15, 0.2) is 22.6 Å². The molecule has 0 bridgehead atoms.